The van der Waals surface area contributed by atoms with Gasteiger partial charge in [-0.3, -0.25) is 9.59 Å². The first-order chi connectivity index (χ1) is 8.97. The van der Waals surface area contributed by atoms with E-state index in [1.54, 1.807) is 0 Å². The number of amides is 2. The zero-order valence-corrected chi connectivity index (χ0v) is 11.9. The van der Waals surface area contributed by atoms with E-state index < -0.39 is 0 Å². The van der Waals surface area contributed by atoms with E-state index in [9.17, 15) is 9.59 Å². The molecule has 0 spiro atoms. The summed E-state index contributed by atoms with van der Waals surface area (Å²) >= 11 is 0. The standard InChI is InChI=1S/C14H25N3O2/c1-4-5-9-13(18)16-10-7-6-8-12(14(15)19)17-11(2)3/h1,11-12,17H,5-10H2,2-3H3,(H2,15,19)(H,16,18). The lowest BCUT2D eigenvalue weighted by Gasteiger charge is -2.17. The van der Waals surface area contributed by atoms with E-state index in [-0.39, 0.29) is 23.9 Å². The van der Waals surface area contributed by atoms with Crippen molar-refractivity contribution < 1.29 is 9.59 Å². The van der Waals surface area contributed by atoms with Gasteiger partial charge in [0.1, 0.15) is 0 Å². The highest BCUT2D eigenvalue weighted by molar-refractivity contribution is 5.79. The second kappa shape index (κ2) is 10.4. The van der Waals surface area contributed by atoms with Crippen LogP contribution in [0.5, 0.6) is 0 Å². The Morgan fingerprint density at radius 1 is 1.32 bits per heavy atom. The van der Waals surface area contributed by atoms with Crippen LogP contribution in [-0.4, -0.2) is 30.4 Å². The molecule has 0 aliphatic rings. The number of carbonyl (C=O) groups is 2. The third-order valence-corrected chi connectivity index (χ3v) is 2.62. The highest BCUT2D eigenvalue weighted by Gasteiger charge is 2.15. The van der Waals surface area contributed by atoms with E-state index in [1.807, 2.05) is 13.8 Å². The molecule has 0 fully saturated rings. The Bertz CT molecular complexity index is 321. The second-order valence-corrected chi connectivity index (χ2v) is 4.83. The van der Waals surface area contributed by atoms with Crippen LogP contribution in [0, 0.1) is 12.3 Å². The molecule has 0 aromatic carbocycles. The summed E-state index contributed by atoms with van der Waals surface area (Å²) in [7, 11) is 0. The van der Waals surface area contributed by atoms with Crippen LogP contribution in [0.1, 0.15) is 46.0 Å². The van der Waals surface area contributed by atoms with Gasteiger partial charge in [-0.05, 0) is 19.3 Å². The van der Waals surface area contributed by atoms with Gasteiger partial charge in [0.05, 0.1) is 6.04 Å². The highest BCUT2D eigenvalue weighted by atomic mass is 16.2. The molecule has 0 heterocycles. The summed E-state index contributed by atoms with van der Waals surface area (Å²) in [6.07, 6.45) is 8.26. The molecule has 5 nitrogen and oxygen atoms in total. The third kappa shape index (κ3) is 10.1. The van der Waals surface area contributed by atoms with Gasteiger partial charge in [0, 0.05) is 25.4 Å². The maximum Gasteiger partial charge on any atom is 0.234 e. The van der Waals surface area contributed by atoms with Crippen molar-refractivity contribution in [2.75, 3.05) is 6.54 Å². The van der Waals surface area contributed by atoms with Gasteiger partial charge in [-0.1, -0.05) is 13.8 Å². The normalized spacial score (nSPS) is 11.9. The minimum Gasteiger partial charge on any atom is -0.368 e. The molecule has 0 bridgehead atoms. The van der Waals surface area contributed by atoms with E-state index in [0.717, 1.165) is 12.8 Å². The molecule has 1 unspecified atom stereocenters. The number of nitrogens with one attached hydrogen (secondary N) is 2. The number of primary amides is 1. The zero-order valence-electron chi connectivity index (χ0n) is 11.9. The lowest BCUT2D eigenvalue weighted by Crippen LogP contribution is -2.44. The minimum atomic E-state index is -0.327. The molecule has 0 aromatic heterocycles. The van der Waals surface area contributed by atoms with Crippen molar-refractivity contribution in [3.05, 3.63) is 0 Å². The second-order valence-electron chi connectivity index (χ2n) is 4.83. The molecule has 108 valence electrons. The predicted octanol–water partition coefficient (Wildman–Crippen LogP) is 0.538. The number of terminal acetylenes is 1. The summed E-state index contributed by atoms with van der Waals surface area (Å²) in [6, 6.07) is -0.0712. The molecule has 0 aliphatic heterocycles. The Morgan fingerprint density at radius 3 is 2.53 bits per heavy atom. The maximum absolute atomic E-state index is 11.3. The first kappa shape index (κ1) is 17.5. The van der Waals surface area contributed by atoms with Gasteiger partial charge in [0.2, 0.25) is 11.8 Å². The van der Waals surface area contributed by atoms with E-state index in [4.69, 9.17) is 12.2 Å². The summed E-state index contributed by atoms with van der Waals surface area (Å²) in [4.78, 5) is 22.5. The van der Waals surface area contributed by atoms with Gasteiger partial charge in [0.15, 0.2) is 0 Å². The lowest BCUT2D eigenvalue weighted by molar-refractivity contribution is -0.121. The van der Waals surface area contributed by atoms with Crippen molar-refractivity contribution in [1.29, 1.82) is 0 Å². The topological polar surface area (TPSA) is 84.2 Å². The quantitative estimate of drug-likeness (QED) is 0.399. The minimum absolute atomic E-state index is 0.0234. The number of hydrogen-bond donors (Lipinski definition) is 3. The van der Waals surface area contributed by atoms with Gasteiger partial charge < -0.3 is 16.4 Å². The molecule has 1 atom stereocenters. The summed E-state index contributed by atoms with van der Waals surface area (Å²) < 4.78 is 0. The number of nitrogens with two attached hydrogens (primary N) is 1. The van der Waals surface area contributed by atoms with E-state index in [1.165, 1.54) is 0 Å². The number of unbranched alkanes of at least 4 members (excludes halogenated alkanes) is 1. The van der Waals surface area contributed by atoms with Crippen molar-refractivity contribution in [2.24, 2.45) is 5.73 Å². The molecule has 5 heteroatoms. The van der Waals surface area contributed by atoms with Crippen molar-refractivity contribution in [2.45, 2.75) is 58.0 Å². The molecular formula is C14H25N3O2. The van der Waals surface area contributed by atoms with E-state index >= 15 is 0 Å². The predicted molar refractivity (Wildman–Crippen MR) is 76.2 cm³/mol. The van der Waals surface area contributed by atoms with E-state index in [2.05, 4.69) is 16.6 Å². The molecule has 0 radical (unpaired) electrons. The number of carbonyl (C=O) groups excluding carboxylic acids is 2. The summed E-state index contributed by atoms with van der Waals surface area (Å²) in [5.41, 5.74) is 5.31. The number of hydrogen-bond acceptors (Lipinski definition) is 3. The van der Waals surface area contributed by atoms with Gasteiger partial charge >= 0.3 is 0 Å². The zero-order chi connectivity index (χ0) is 14.7. The molecule has 4 N–H and O–H groups in total. The fraction of sp³-hybridized carbons (Fsp3) is 0.714. The molecule has 0 saturated heterocycles. The highest BCUT2D eigenvalue weighted by Crippen LogP contribution is 2.01. The summed E-state index contributed by atoms with van der Waals surface area (Å²) in [5, 5.41) is 5.91. The van der Waals surface area contributed by atoms with Crippen LogP contribution in [0.4, 0.5) is 0 Å². The Balaban J connectivity index is 3.69. The van der Waals surface area contributed by atoms with Crippen molar-refractivity contribution in [3.8, 4) is 12.3 Å². The van der Waals surface area contributed by atoms with Gasteiger partial charge in [-0.25, -0.2) is 0 Å². The summed E-state index contributed by atoms with van der Waals surface area (Å²) in [6.45, 7) is 4.56. The molecule has 0 aromatic rings. The molecular weight excluding hydrogens is 242 g/mol. The van der Waals surface area contributed by atoms with Crippen LogP contribution in [0.15, 0.2) is 0 Å². The molecule has 0 saturated carbocycles. The van der Waals surface area contributed by atoms with E-state index in [0.29, 0.717) is 25.8 Å². The monoisotopic (exact) mass is 267 g/mol. The average Bonchev–Trinajstić information content (AvgIpc) is 2.33. The molecule has 0 aliphatic carbocycles. The van der Waals surface area contributed by atoms with Crippen molar-refractivity contribution >= 4 is 11.8 Å². The summed E-state index contributed by atoms with van der Waals surface area (Å²) in [5.74, 6) is 2.07. The van der Waals surface area contributed by atoms with Crippen molar-refractivity contribution in [3.63, 3.8) is 0 Å². The van der Waals surface area contributed by atoms with Gasteiger partial charge in [-0.2, -0.15) is 0 Å². The van der Waals surface area contributed by atoms with Crippen molar-refractivity contribution in [1.82, 2.24) is 10.6 Å². The first-order valence-electron chi connectivity index (χ1n) is 6.73. The molecule has 2 amide bonds. The van der Waals surface area contributed by atoms with Crippen LogP contribution in [0.2, 0.25) is 0 Å². The Labute approximate surface area is 115 Å². The largest absolute Gasteiger partial charge is 0.368 e. The molecule has 19 heavy (non-hydrogen) atoms. The number of rotatable bonds is 10. The van der Waals surface area contributed by atoms with Gasteiger partial charge in [0.25, 0.3) is 0 Å². The van der Waals surface area contributed by atoms with Gasteiger partial charge in [-0.15, -0.1) is 12.3 Å². The fourth-order valence-electron chi connectivity index (χ4n) is 1.69. The van der Waals surface area contributed by atoms with Crippen LogP contribution < -0.4 is 16.4 Å². The third-order valence-electron chi connectivity index (χ3n) is 2.62. The maximum atomic E-state index is 11.3. The first-order valence-corrected chi connectivity index (χ1v) is 6.73. The average molecular weight is 267 g/mol. The van der Waals surface area contributed by atoms with Crippen LogP contribution in [0.25, 0.3) is 0 Å². The lowest BCUT2D eigenvalue weighted by atomic mass is 10.1. The Kier molecular flexibility index (Phi) is 9.55. The fourth-order valence-corrected chi connectivity index (χ4v) is 1.69. The van der Waals surface area contributed by atoms with Crippen LogP contribution in [-0.2, 0) is 9.59 Å². The smallest absolute Gasteiger partial charge is 0.234 e. The Morgan fingerprint density at radius 2 is 2.00 bits per heavy atom. The van der Waals surface area contributed by atoms with Crippen LogP contribution in [0.3, 0.4) is 0 Å². The van der Waals surface area contributed by atoms with Crippen LogP contribution >= 0.6 is 0 Å². The SMILES string of the molecule is C#CCCC(=O)NCCCCC(NC(C)C)C(N)=O. The molecule has 0 rings (SSSR count). The Hall–Kier alpha value is -1.54.